The van der Waals surface area contributed by atoms with E-state index >= 15 is 0 Å². The monoisotopic (exact) mass is 437 g/mol. The highest BCUT2D eigenvalue weighted by molar-refractivity contribution is 5.50. The van der Waals surface area contributed by atoms with Gasteiger partial charge in [-0.3, -0.25) is 4.90 Å². The topological polar surface area (TPSA) is 12.5 Å². The summed E-state index contributed by atoms with van der Waals surface area (Å²) in [6.45, 7) is 2.51. The van der Waals surface area contributed by atoms with Crippen molar-refractivity contribution in [1.82, 2.24) is 4.90 Å². The molecule has 0 saturated carbocycles. The van der Waals surface area contributed by atoms with Crippen LogP contribution in [0.3, 0.4) is 0 Å². The molecule has 1 aliphatic rings. The van der Waals surface area contributed by atoms with Gasteiger partial charge in [-0.25, -0.2) is 0 Å². The SMILES string of the molecule is COc1ccc2c(c1)C(c1ccccc1)CN(C/C=C/c1ccc(C(F)(F)F)cc1)CC2. The van der Waals surface area contributed by atoms with Crippen molar-refractivity contribution in [3.8, 4) is 5.75 Å². The van der Waals surface area contributed by atoms with Gasteiger partial charge >= 0.3 is 6.18 Å². The van der Waals surface area contributed by atoms with Crippen molar-refractivity contribution in [2.45, 2.75) is 18.5 Å². The van der Waals surface area contributed by atoms with Crippen LogP contribution in [0.4, 0.5) is 13.2 Å². The Morgan fingerprint density at radius 3 is 2.44 bits per heavy atom. The average molecular weight is 438 g/mol. The maximum Gasteiger partial charge on any atom is 0.416 e. The summed E-state index contributed by atoms with van der Waals surface area (Å²) in [5.41, 5.74) is 4.03. The van der Waals surface area contributed by atoms with Crippen molar-refractivity contribution in [2.75, 3.05) is 26.7 Å². The number of rotatable bonds is 5. The second-order valence-corrected chi connectivity index (χ2v) is 8.06. The molecule has 0 N–H and O–H groups in total. The third-order valence-corrected chi connectivity index (χ3v) is 5.98. The van der Waals surface area contributed by atoms with Crippen molar-refractivity contribution in [3.05, 3.63) is 107 Å². The lowest BCUT2D eigenvalue weighted by molar-refractivity contribution is -0.137. The summed E-state index contributed by atoms with van der Waals surface area (Å²) in [6.07, 6.45) is 0.551. The summed E-state index contributed by atoms with van der Waals surface area (Å²) in [5.74, 6) is 1.09. The standard InChI is InChI=1S/C27H26F3NO/c1-32-24-14-11-22-15-17-31(19-26(25(22)18-24)21-7-3-2-4-8-21)16-5-6-20-9-12-23(13-10-20)27(28,29)30/h2-14,18,26H,15-17,19H2,1H3/b6-5+. The fourth-order valence-electron chi connectivity index (χ4n) is 4.24. The number of nitrogens with zero attached hydrogens (tertiary/aromatic N) is 1. The van der Waals surface area contributed by atoms with E-state index in [9.17, 15) is 13.2 Å². The Morgan fingerprint density at radius 2 is 1.75 bits per heavy atom. The molecule has 0 spiro atoms. The zero-order chi connectivity index (χ0) is 22.6. The minimum atomic E-state index is -4.31. The van der Waals surface area contributed by atoms with Crippen molar-refractivity contribution >= 4 is 6.08 Å². The summed E-state index contributed by atoms with van der Waals surface area (Å²) in [6, 6.07) is 22.1. The third kappa shape index (κ3) is 5.22. The Kier molecular flexibility index (Phi) is 6.66. The highest BCUT2D eigenvalue weighted by Gasteiger charge is 2.29. The maximum atomic E-state index is 12.8. The van der Waals surface area contributed by atoms with Gasteiger partial charge in [0.15, 0.2) is 0 Å². The van der Waals surface area contributed by atoms with Gasteiger partial charge in [0, 0.05) is 25.6 Å². The molecular weight excluding hydrogens is 411 g/mol. The molecule has 5 heteroatoms. The second-order valence-electron chi connectivity index (χ2n) is 8.06. The highest BCUT2D eigenvalue weighted by atomic mass is 19.4. The molecule has 1 atom stereocenters. The smallest absolute Gasteiger partial charge is 0.416 e. The van der Waals surface area contributed by atoms with E-state index in [1.807, 2.05) is 24.3 Å². The number of halogens is 3. The molecule has 0 aliphatic carbocycles. The van der Waals surface area contributed by atoms with E-state index < -0.39 is 11.7 Å². The van der Waals surface area contributed by atoms with Crippen molar-refractivity contribution < 1.29 is 17.9 Å². The Balaban J connectivity index is 1.52. The van der Waals surface area contributed by atoms with Gasteiger partial charge in [-0.15, -0.1) is 0 Å². The van der Waals surface area contributed by atoms with E-state index in [0.29, 0.717) is 0 Å². The summed E-state index contributed by atoms with van der Waals surface area (Å²) in [5, 5.41) is 0. The molecular formula is C27H26F3NO. The van der Waals surface area contributed by atoms with Crippen LogP contribution in [0.15, 0.2) is 78.9 Å². The third-order valence-electron chi connectivity index (χ3n) is 5.98. The van der Waals surface area contributed by atoms with E-state index in [1.54, 1.807) is 7.11 Å². The lowest BCUT2D eigenvalue weighted by atomic mass is 9.88. The summed E-state index contributed by atoms with van der Waals surface area (Å²) >= 11 is 0. The first-order valence-corrected chi connectivity index (χ1v) is 10.7. The van der Waals surface area contributed by atoms with Gasteiger partial charge in [0.25, 0.3) is 0 Å². The first kappa shape index (κ1) is 22.2. The number of fused-ring (bicyclic) bond motifs is 1. The van der Waals surface area contributed by atoms with Crippen LogP contribution < -0.4 is 4.74 Å². The van der Waals surface area contributed by atoms with Gasteiger partial charge in [0.2, 0.25) is 0 Å². The van der Waals surface area contributed by atoms with Gasteiger partial charge in [0.1, 0.15) is 5.75 Å². The highest BCUT2D eigenvalue weighted by Crippen LogP contribution is 2.34. The number of hydrogen-bond acceptors (Lipinski definition) is 2. The first-order chi connectivity index (χ1) is 15.4. The fraction of sp³-hybridized carbons (Fsp3) is 0.259. The van der Waals surface area contributed by atoms with E-state index in [4.69, 9.17) is 4.74 Å². The van der Waals surface area contributed by atoms with Crippen molar-refractivity contribution in [3.63, 3.8) is 0 Å². The zero-order valence-electron chi connectivity index (χ0n) is 18.0. The molecule has 166 valence electrons. The molecule has 1 unspecified atom stereocenters. The Morgan fingerprint density at radius 1 is 1.00 bits per heavy atom. The molecule has 1 heterocycles. The number of alkyl halides is 3. The molecule has 32 heavy (non-hydrogen) atoms. The molecule has 3 aromatic carbocycles. The summed E-state index contributed by atoms with van der Waals surface area (Å²) in [7, 11) is 1.69. The molecule has 2 nitrogen and oxygen atoms in total. The molecule has 0 radical (unpaired) electrons. The molecule has 3 aromatic rings. The molecule has 0 saturated heterocycles. The summed E-state index contributed by atoms with van der Waals surface area (Å²) < 4.78 is 43.8. The van der Waals surface area contributed by atoms with Crippen LogP contribution in [0.2, 0.25) is 0 Å². The zero-order valence-corrected chi connectivity index (χ0v) is 18.0. The van der Waals surface area contributed by atoms with E-state index in [1.165, 1.54) is 28.8 Å². The second kappa shape index (κ2) is 9.61. The van der Waals surface area contributed by atoms with Gasteiger partial charge in [-0.1, -0.05) is 60.7 Å². The maximum absolute atomic E-state index is 12.8. The quantitative estimate of drug-likeness (QED) is 0.457. The Hall–Kier alpha value is -3.05. The van der Waals surface area contributed by atoms with Crippen LogP contribution in [0, 0.1) is 0 Å². The largest absolute Gasteiger partial charge is 0.497 e. The van der Waals surface area contributed by atoms with E-state index in [-0.39, 0.29) is 5.92 Å². The van der Waals surface area contributed by atoms with Crippen LogP contribution in [0.5, 0.6) is 5.75 Å². The van der Waals surface area contributed by atoms with Crippen LogP contribution in [0.25, 0.3) is 6.08 Å². The van der Waals surface area contributed by atoms with Gasteiger partial charge in [0.05, 0.1) is 12.7 Å². The number of ether oxygens (including phenoxy) is 1. The molecule has 0 fully saturated rings. The molecule has 0 amide bonds. The number of hydrogen-bond donors (Lipinski definition) is 0. The van der Waals surface area contributed by atoms with Crippen LogP contribution in [-0.4, -0.2) is 31.6 Å². The molecule has 0 aromatic heterocycles. The van der Waals surface area contributed by atoms with Gasteiger partial charge in [-0.05, 0) is 52.9 Å². The number of methoxy groups -OCH3 is 1. The van der Waals surface area contributed by atoms with Crippen LogP contribution in [0.1, 0.15) is 33.7 Å². The van der Waals surface area contributed by atoms with Gasteiger partial charge in [-0.2, -0.15) is 13.2 Å². The lowest BCUT2D eigenvalue weighted by Crippen LogP contribution is -2.29. The Bertz CT molecular complexity index is 1060. The number of benzene rings is 3. The Labute approximate surface area is 187 Å². The van der Waals surface area contributed by atoms with Crippen LogP contribution in [-0.2, 0) is 12.6 Å². The fourth-order valence-corrected chi connectivity index (χ4v) is 4.24. The normalized spacial score (nSPS) is 17.2. The predicted molar refractivity (Wildman–Crippen MR) is 122 cm³/mol. The van der Waals surface area contributed by atoms with Crippen molar-refractivity contribution in [2.24, 2.45) is 0 Å². The van der Waals surface area contributed by atoms with E-state index in [2.05, 4.69) is 41.3 Å². The predicted octanol–water partition coefficient (Wildman–Crippen LogP) is 6.42. The summed E-state index contributed by atoms with van der Waals surface area (Å²) in [4.78, 5) is 2.39. The minimum Gasteiger partial charge on any atom is -0.497 e. The van der Waals surface area contributed by atoms with Gasteiger partial charge < -0.3 is 4.74 Å². The van der Waals surface area contributed by atoms with Crippen LogP contribution >= 0.6 is 0 Å². The minimum absolute atomic E-state index is 0.225. The average Bonchev–Trinajstić information content (AvgIpc) is 2.98. The first-order valence-electron chi connectivity index (χ1n) is 10.7. The van der Waals surface area contributed by atoms with Crippen molar-refractivity contribution in [1.29, 1.82) is 0 Å². The van der Waals surface area contributed by atoms with E-state index in [0.717, 1.165) is 49.5 Å². The lowest BCUT2D eigenvalue weighted by Gasteiger charge is -2.24. The molecule has 1 aliphatic heterocycles. The molecule has 0 bridgehead atoms. The molecule has 4 rings (SSSR count).